The smallest absolute Gasteiger partial charge is 0.279 e. The summed E-state index contributed by atoms with van der Waals surface area (Å²) in [6.07, 6.45) is 0. The van der Waals surface area contributed by atoms with Gasteiger partial charge in [-0.15, -0.1) is 11.8 Å². The highest BCUT2D eigenvalue weighted by molar-refractivity contribution is 8.00. The maximum absolute atomic E-state index is 12.9. The zero-order chi connectivity index (χ0) is 20.8. The molecule has 1 heterocycles. The summed E-state index contributed by atoms with van der Waals surface area (Å²) in [6.45, 7) is 7.19. The number of rotatable bonds is 6. The molecule has 1 aliphatic heterocycles. The molecule has 154 valence electrons. The van der Waals surface area contributed by atoms with Gasteiger partial charge < -0.3 is 15.1 Å². The van der Waals surface area contributed by atoms with Gasteiger partial charge in [0.25, 0.3) is 5.91 Å². The molecule has 0 aromatic heterocycles. The van der Waals surface area contributed by atoms with Crippen molar-refractivity contribution < 1.29 is 18.9 Å². The number of benzene rings is 2. The Morgan fingerprint density at radius 3 is 2.31 bits per heavy atom. The number of thioether (sulfide) groups is 1. The molecule has 5 nitrogen and oxygen atoms in total. The Labute approximate surface area is 175 Å². The van der Waals surface area contributed by atoms with Crippen LogP contribution in [0.1, 0.15) is 11.1 Å². The average molecular weight is 417 g/mol. The largest absolute Gasteiger partial charge is 0.331 e. The number of nitrogens with zero attached hydrogens (tertiary/aromatic N) is 1. The van der Waals surface area contributed by atoms with E-state index in [0.717, 1.165) is 34.8 Å². The van der Waals surface area contributed by atoms with Crippen LogP contribution in [0.15, 0.2) is 47.4 Å². The third-order valence-corrected chi connectivity index (χ3v) is 6.15. The molecule has 7 heteroatoms. The molecule has 0 spiro atoms. The minimum absolute atomic E-state index is 0.00374. The van der Waals surface area contributed by atoms with Crippen LogP contribution in [0, 0.1) is 19.7 Å². The molecule has 0 unspecified atom stereocenters. The van der Waals surface area contributed by atoms with Gasteiger partial charge >= 0.3 is 0 Å². The summed E-state index contributed by atoms with van der Waals surface area (Å²) in [5.41, 5.74) is 3.01. The van der Waals surface area contributed by atoms with Gasteiger partial charge in [0.1, 0.15) is 5.82 Å². The molecule has 2 N–H and O–H groups in total. The molecule has 0 atom stereocenters. The fourth-order valence-corrected chi connectivity index (χ4v) is 4.24. The lowest BCUT2D eigenvalue weighted by molar-refractivity contribution is -0.895. The van der Waals surface area contributed by atoms with Crippen LogP contribution in [-0.2, 0) is 9.59 Å². The standard InChI is InChI=1S/C22H26FN3O2S/c1-16-4-3-5-17(2)22(16)24-20(27)14-25-10-12-26(13-11-25)21(28)15-29-19-8-6-18(23)7-9-19/h3-9H,10-15H2,1-2H3,(H,24,27)/p+1. The summed E-state index contributed by atoms with van der Waals surface area (Å²) < 4.78 is 12.9. The first kappa shape index (κ1) is 21.3. The summed E-state index contributed by atoms with van der Waals surface area (Å²) in [7, 11) is 0. The fraction of sp³-hybridized carbons (Fsp3) is 0.364. The van der Waals surface area contributed by atoms with Gasteiger partial charge in [-0.2, -0.15) is 0 Å². The first-order valence-corrected chi connectivity index (χ1v) is 10.8. The zero-order valence-electron chi connectivity index (χ0n) is 16.8. The number of para-hydroxylation sites is 1. The van der Waals surface area contributed by atoms with Gasteiger partial charge in [0, 0.05) is 10.6 Å². The molecule has 3 rings (SSSR count). The van der Waals surface area contributed by atoms with E-state index < -0.39 is 0 Å². The van der Waals surface area contributed by atoms with Crippen molar-refractivity contribution >= 4 is 29.3 Å². The van der Waals surface area contributed by atoms with Crippen LogP contribution >= 0.6 is 11.8 Å². The first-order chi connectivity index (χ1) is 13.9. The van der Waals surface area contributed by atoms with Gasteiger partial charge in [0.05, 0.1) is 31.9 Å². The maximum Gasteiger partial charge on any atom is 0.279 e. The van der Waals surface area contributed by atoms with E-state index in [1.54, 1.807) is 12.1 Å². The number of hydrogen-bond donors (Lipinski definition) is 2. The average Bonchev–Trinajstić information content (AvgIpc) is 2.71. The van der Waals surface area contributed by atoms with Gasteiger partial charge in [-0.3, -0.25) is 9.59 Å². The Morgan fingerprint density at radius 2 is 1.69 bits per heavy atom. The van der Waals surface area contributed by atoms with Crippen LogP contribution in [-0.4, -0.2) is 55.2 Å². The Hall–Kier alpha value is -2.38. The molecule has 1 saturated heterocycles. The number of carbonyl (C=O) groups is 2. The topological polar surface area (TPSA) is 53.9 Å². The molecular formula is C22H27FN3O2S+. The molecule has 2 aromatic carbocycles. The molecule has 1 fully saturated rings. The van der Waals surface area contributed by atoms with Crippen molar-refractivity contribution in [3.63, 3.8) is 0 Å². The van der Waals surface area contributed by atoms with Crippen molar-refractivity contribution in [3.8, 4) is 0 Å². The molecule has 2 amide bonds. The number of halogens is 1. The summed E-state index contributed by atoms with van der Waals surface area (Å²) in [6, 6.07) is 12.1. The van der Waals surface area contributed by atoms with Gasteiger partial charge in [-0.05, 0) is 49.2 Å². The van der Waals surface area contributed by atoms with E-state index in [1.807, 2.05) is 36.9 Å². The number of quaternary nitrogens is 1. The number of aryl methyl sites for hydroxylation is 2. The monoisotopic (exact) mass is 416 g/mol. The highest BCUT2D eigenvalue weighted by atomic mass is 32.2. The summed E-state index contributed by atoms with van der Waals surface area (Å²) in [5.74, 6) is 0.150. The highest BCUT2D eigenvalue weighted by Crippen LogP contribution is 2.19. The number of anilines is 1. The van der Waals surface area contributed by atoms with Crippen molar-refractivity contribution in [1.82, 2.24) is 4.90 Å². The Morgan fingerprint density at radius 1 is 1.07 bits per heavy atom. The van der Waals surface area contributed by atoms with Crippen LogP contribution < -0.4 is 10.2 Å². The first-order valence-electron chi connectivity index (χ1n) is 9.78. The van der Waals surface area contributed by atoms with Crippen molar-refractivity contribution in [2.24, 2.45) is 0 Å². The highest BCUT2D eigenvalue weighted by Gasteiger charge is 2.25. The van der Waals surface area contributed by atoms with E-state index in [2.05, 4.69) is 5.32 Å². The lowest BCUT2D eigenvalue weighted by Gasteiger charge is -2.32. The number of carbonyl (C=O) groups excluding carboxylic acids is 2. The molecule has 0 aliphatic carbocycles. The summed E-state index contributed by atoms with van der Waals surface area (Å²) in [4.78, 5) is 28.8. The molecule has 29 heavy (non-hydrogen) atoms. The fourth-order valence-electron chi connectivity index (χ4n) is 3.44. The normalized spacial score (nSPS) is 14.7. The van der Waals surface area contributed by atoms with Crippen LogP contribution in [0.2, 0.25) is 0 Å². The SMILES string of the molecule is Cc1cccc(C)c1NC(=O)C[NH+]1CCN(C(=O)CSc2ccc(F)cc2)CC1. The number of piperazine rings is 1. The minimum Gasteiger partial charge on any atom is -0.331 e. The Balaban J connectivity index is 1.42. The van der Waals surface area contributed by atoms with Crippen molar-refractivity contribution in [2.75, 3.05) is 43.8 Å². The lowest BCUT2D eigenvalue weighted by atomic mass is 10.1. The molecular weight excluding hydrogens is 389 g/mol. The molecule has 0 bridgehead atoms. The predicted molar refractivity (Wildman–Crippen MR) is 114 cm³/mol. The van der Waals surface area contributed by atoms with Gasteiger partial charge in [0.15, 0.2) is 6.54 Å². The molecule has 0 radical (unpaired) electrons. The Kier molecular flexibility index (Phi) is 7.28. The van der Waals surface area contributed by atoms with Crippen LogP contribution in [0.4, 0.5) is 10.1 Å². The maximum atomic E-state index is 12.9. The zero-order valence-corrected chi connectivity index (χ0v) is 17.7. The second-order valence-corrected chi connectivity index (χ2v) is 8.41. The molecule has 0 saturated carbocycles. The number of nitrogens with one attached hydrogen (secondary N) is 2. The van der Waals surface area contributed by atoms with Gasteiger partial charge in [-0.25, -0.2) is 4.39 Å². The van der Waals surface area contributed by atoms with E-state index >= 15 is 0 Å². The quantitative estimate of drug-likeness (QED) is 0.708. The number of hydrogen-bond acceptors (Lipinski definition) is 3. The van der Waals surface area contributed by atoms with Gasteiger partial charge in [0.2, 0.25) is 5.91 Å². The van der Waals surface area contributed by atoms with Crippen molar-refractivity contribution in [1.29, 1.82) is 0 Å². The number of amides is 2. The van der Waals surface area contributed by atoms with Gasteiger partial charge in [-0.1, -0.05) is 18.2 Å². The van der Waals surface area contributed by atoms with Crippen LogP contribution in [0.5, 0.6) is 0 Å². The molecule has 2 aromatic rings. The second kappa shape index (κ2) is 9.89. The van der Waals surface area contributed by atoms with Crippen molar-refractivity contribution in [3.05, 3.63) is 59.4 Å². The van der Waals surface area contributed by atoms with Crippen LogP contribution in [0.25, 0.3) is 0 Å². The Bertz CT molecular complexity index is 845. The third kappa shape index (κ3) is 6.05. The van der Waals surface area contributed by atoms with E-state index in [4.69, 9.17) is 0 Å². The summed E-state index contributed by atoms with van der Waals surface area (Å²) >= 11 is 1.42. The second-order valence-electron chi connectivity index (χ2n) is 7.37. The van der Waals surface area contributed by atoms with E-state index in [0.29, 0.717) is 25.4 Å². The van der Waals surface area contributed by atoms with Crippen molar-refractivity contribution in [2.45, 2.75) is 18.7 Å². The predicted octanol–water partition coefficient (Wildman–Crippen LogP) is 1.90. The summed E-state index contributed by atoms with van der Waals surface area (Å²) in [5, 5.41) is 3.03. The van der Waals surface area contributed by atoms with E-state index in [9.17, 15) is 14.0 Å². The van der Waals surface area contributed by atoms with Crippen LogP contribution in [0.3, 0.4) is 0 Å². The minimum atomic E-state index is -0.276. The lowest BCUT2D eigenvalue weighted by Crippen LogP contribution is -3.15. The van der Waals surface area contributed by atoms with E-state index in [-0.39, 0.29) is 17.6 Å². The van der Waals surface area contributed by atoms with E-state index in [1.165, 1.54) is 28.8 Å². The molecule has 1 aliphatic rings. The third-order valence-electron chi connectivity index (χ3n) is 5.16.